The Kier molecular flexibility index (Phi) is 6.91. The zero-order valence-corrected chi connectivity index (χ0v) is 18.3. The van der Waals surface area contributed by atoms with Gasteiger partial charge in [0.05, 0.1) is 23.7 Å². The Morgan fingerprint density at radius 3 is 2.47 bits per heavy atom. The molecule has 0 saturated heterocycles. The number of rotatable bonds is 8. The highest BCUT2D eigenvalue weighted by molar-refractivity contribution is 7.89. The summed E-state index contributed by atoms with van der Waals surface area (Å²) in [6, 6.07) is 14.8. The zero-order valence-electron chi connectivity index (χ0n) is 16.7. The Morgan fingerprint density at radius 1 is 1.13 bits per heavy atom. The number of carbonyl (C=O) groups excluding carboxylic acids is 1. The molecule has 0 aliphatic carbocycles. The van der Waals surface area contributed by atoms with Crippen LogP contribution < -0.4 is 4.72 Å². The van der Waals surface area contributed by atoms with Gasteiger partial charge in [0.15, 0.2) is 0 Å². The molecule has 0 fully saturated rings. The number of carbonyl (C=O) groups is 1. The molecule has 158 valence electrons. The highest BCUT2D eigenvalue weighted by Crippen LogP contribution is 2.15. The Morgan fingerprint density at radius 2 is 1.80 bits per heavy atom. The van der Waals surface area contributed by atoms with Crippen molar-refractivity contribution in [2.75, 3.05) is 7.05 Å². The predicted molar refractivity (Wildman–Crippen MR) is 115 cm³/mol. The molecule has 0 aliphatic heterocycles. The highest BCUT2D eigenvalue weighted by atomic mass is 35.5. The molecule has 0 aliphatic rings. The molecule has 0 saturated carbocycles. The molecule has 1 atom stereocenters. The van der Waals surface area contributed by atoms with Crippen LogP contribution in [0.2, 0.25) is 5.02 Å². The Bertz CT molecular complexity index is 1100. The van der Waals surface area contributed by atoms with Gasteiger partial charge in [0.25, 0.3) is 0 Å². The molecule has 0 bridgehead atoms. The molecule has 7 nitrogen and oxygen atoms in total. The van der Waals surface area contributed by atoms with E-state index in [1.165, 1.54) is 36.1 Å². The topological polar surface area (TPSA) is 84.3 Å². The van der Waals surface area contributed by atoms with Gasteiger partial charge in [0.2, 0.25) is 15.9 Å². The second kappa shape index (κ2) is 9.42. The van der Waals surface area contributed by atoms with Crippen molar-refractivity contribution in [2.24, 2.45) is 0 Å². The van der Waals surface area contributed by atoms with E-state index in [1.54, 1.807) is 17.9 Å². The number of nitrogens with one attached hydrogen (secondary N) is 1. The summed E-state index contributed by atoms with van der Waals surface area (Å²) in [6.07, 6.45) is 3.58. The number of amides is 1. The van der Waals surface area contributed by atoms with Crippen molar-refractivity contribution < 1.29 is 13.2 Å². The van der Waals surface area contributed by atoms with Gasteiger partial charge in [0.1, 0.15) is 0 Å². The van der Waals surface area contributed by atoms with Gasteiger partial charge in [-0.2, -0.15) is 9.82 Å². The van der Waals surface area contributed by atoms with E-state index in [9.17, 15) is 13.2 Å². The fourth-order valence-corrected chi connectivity index (χ4v) is 4.32. The first-order valence-corrected chi connectivity index (χ1v) is 11.2. The van der Waals surface area contributed by atoms with E-state index < -0.39 is 16.1 Å². The van der Waals surface area contributed by atoms with Crippen molar-refractivity contribution >= 4 is 27.5 Å². The summed E-state index contributed by atoms with van der Waals surface area (Å²) in [5, 5.41) is 4.77. The molecule has 9 heteroatoms. The summed E-state index contributed by atoms with van der Waals surface area (Å²) < 4.78 is 29.2. The molecule has 3 aromatic rings. The first-order valence-electron chi connectivity index (χ1n) is 9.33. The van der Waals surface area contributed by atoms with Crippen molar-refractivity contribution in [1.29, 1.82) is 0 Å². The maximum Gasteiger partial charge on any atom is 0.241 e. The quantitative estimate of drug-likeness (QED) is 0.576. The minimum Gasteiger partial charge on any atom is -0.340 e. The van der Waals surface area contributed by atoms with E-state index in [4.69, 9.17) is 11.6 Å². The lowest BCUT2D eigenvalue weighted by molar-refractivity contribution is -0.131. The van der Waals surface area contributed by atoms with Gasteiger partial charge >= 0.3 is 0 Å². The summed E-state index contributed by atoms with van der Waals surface area (Å²) in [5.74, 6) is -0.344. The lowest BCUT2D eigenvalue weighted by Crippen LogP contribution is -2.45. The second-order valence-corrected chi connectivity index (χ2v) is 9.17. The zero-order chi connectivity index (χ0) is 21.7. The molecule has 0 radical (unpaired) electrons. The number of hydrogen-bond donors (Lipinski definition) is 1. The third-order valence-electron chi connectivity index (χ3n) is 4.50. The number of nitrogens with zero attached hydrogens (tertiary/aromatic N) is 3. The highest BCUT2D eigenvalue weighted by Gasteiger charge is 2.24. The summed E-state index contributed by atoms with van der Waals surface area (Å²) in [5.41, 5.74) is 1.98. The van der Waals surface area contributed by atoms with E-state index in [0.717, 1.165) is 11.1 Å². The fraction of sp³-hybridized carbons (Fsp3) is 0.238. The first kappa shape index (κ1) is 22.0. The van der Waals surface area contributed by atoms with Gasteiger partial charge in [0, 0.05) is 30.4 Å². The van der Waals surface area contributed by atoms with Crippen molar-refractivity contribution in [3.05, 3.63) is 83.1 Å². The lowest BCUT2D eigenvalue weighted by Gasteiger charge is -2.21. The first-order chi connectivity index (χ1) is 14.2. The summed E-state index contributed by atoms with van der Waals surface area (Å²) >= 11 is 5.80. The van der Waals surface area contributed by atoms with Crippen molar-refractivity contribution in [3.63, 3.8) is 0 Å². The van der Waals surface area contributed by atoms with E-state index in [-0.39, 0.29) is 10.8 Å². The predicted octanol–water partition coefficient (Wildman–Crippen LogP) is 2.91. The van der Waals surface area contributed by atoms with Crippen molar-refractivity contribution in [3.8, 4) is 0 Å². The normalized spacial score (nSPS) is 12.5. The van der Waals surface area contributed by atoms with Crippen LogP contribution in [0.1, 0.15) is 18.1 Å². The van der Waals surface area contributed by atoms with Crippen LogP contribution >= 0.6 is 11.6 Å². The molecule has 1 amide bonds. The third kappa shape index (κ3) is 5.69. The van der Waals surface area contributed by atoms with Crippen LogP contribution in [-0.4, -0.2) is 42.1 Å². The number of halogens is 1. The fourth-order valence-electron chi connectivity index (χ4n) is 2.99. The van der Waals surface area contributed by atoms with Crippen LogP contribution in [0.25, 0.3) is 0 Å². The van der Waals surface area contributed by atoms with Gasteiger partial charge in [-0.1, -0.05) is 41.9 Å². The molecule has 0 unspecified atom stereocenters. The average molecular weight is 447 g/mol. The number of likely N-dealkylation sites (N-methyl/N-ethyl adjacent to an activating group) is 1. The van der Waals surface area contributed by atoms with E-state index >= 15 is 0 Å². The SMILES string of the molecule is C[C@@H](NS(=O)(=O)c1ccc(Cl)cc1)C(=O)N(C)Cc1cnn(Cc2ccccc2)c1. The molecule has 30 heavy (non-hydrogen) atoms. The maximum atomic E-state index is 12.7. The van der Waals surface area contributed by atoms with Crippen LogP contribution in [0, 0.1) is 0 Å². The van der Waals surface area contributed by atoms with Crippen molar-refractivity contribution in [2.45, 2.75) is 31.0 Å². The van der Waals surface area contributed by atoms with Gasteiger partial charge in [-0.3, -0.25) is 9.48 Å². The minimum absolute atomic E-state index is 0.0522. The van der Waals surface area contributed by atoms with E-state index in [0.29, 0.717) is 18.1 Å². The average Bonchev–Trinajstić information content (AvgIpc) is 3.14. The monoisotopic (exact) mass is 446 g/mol. The smallest absolute Gasteiger partial charge is 0.241 e. The Balaban J connectivity index is 1.59. The van der Waals surface area contributed by atoms with Crippen LogP contribution in [0.4, 0.5) is 0 Å². The molecular formula is C21H23ClN4O3S. The number of benzene rings is 2. The maximum absolute atomic E-state index is 12.7. The van der Waals surface area contributed by atoms with Gasteiger partial charge in [-0.05, 0) is 36.8 Å². The molecule has 3 rings (SSSR count). The van der Waals surface area contributed by atoms with Crippen LogP contribution in [-0.2, 0) is 27.9 Å². The molecule has 0 spiro atoms. The molecular weight excluding hydrogens is 424 g/mol. The summed E-state index contributed by atoms with van der Waals surface area (Å²) in [4.78, 5) is 14.2. The largest absolute Gasteiger partial charge is 0.340 e. The summed E-state index contributed by atoms with van der Waals surface area (Å²) in [7, 11) is -2.20. The van der Waals surface area contributed by atoms with Crippen LogP contribution in [0.15, 0.2) is 71.9 Å². The minimum atomic E-state index is -3.83. The molecule has 2 aromatic carbocycles. The van der Waals surface area contributed by atoms with Crippen LogP contribution in [0.5, 0.6) is 0 Å². The lowest BCUT2D eigenvalue weighted by atomic mass is 10.2. The molecule has 1 aromatic heterocycles. The number of hydrogen-bond acceptors (Lipinski definition) is 4. The number of sulfonamides is 1. The van der Waals surface area contributed by atoms with Crippen molar-refractivity contribution in [1.82, 2.24) is 19.4 Å². The van der Waals surface area contributed by atoms with E-state index in [1.807, 2.05) is 36.5 Å². The van der Waals surface area contributed by atoms with Gasteiger partial charge < -0.3 is 4.90 Å². The second-order valence-electron chi connectivity index (χ2n) is 7.02. The van der Waals surface area contributed by atoms with E-state index in [2.05, 4.69) is 9.82 Å². The molecule has 1 heterocycles. The van der Waals surface area contributed by atoms with Gasteiger partial charge in [-0.25, -0.2) is 8.42 Å². The Labute approximate surface area is 181 Å². The third-order valence-corrected chi connectivity index (χ3v) is 6.30. The van der Waals surface area contributed by atoms with Crippen LogP contribution in [0.3, 0.4) is 0 Å². The standard InChI is InChI=1S/C21H23ClN4O3S/c1-16(24-30(28,29)20-10-8-19(22)9-11-20)21(27)25(2)13-18-12-23-26(15-18)14-17-6-4-3-5-7-17/h3-12,15-16,24H,13-14H2,1-2H3/t16-/m1/s1. The Hall–Kier alpha value is -2.68. The summed E-state index contributed by atoms with van der Waals surface area (Å²) in [6.45, 7) is 2.47. The van der Waals surface area contributed by atoms with Gasteiger partial charge in [-0.15, -0.1) is 0 Å². The number of aromatic nitrogens is 2. The molecule has 1 N–H and O–H groups in total.